The molecule has 134 valence electrons. The van der Waals surface area contributed by atoms with E-state index in [1.165, 1.54) is 16.9 Å². The number of ether oxygens (including phenoxy) is 1. The van der Waals surface area contributed by atoms with E-state index in [0.29, 0.717) is 15.9 Å². The van der Waals surface area contributed by atoms with Crippen molar-refractivity contribution < 1.29 is 9.53 Å². The first-order valence-corrected chi connectivity index (χ1v) is 9.22. The molecule has 5 nitrogen and oxygen atoms in total. The van der Waals surface area contributed by atoms with Crippen molar-refractivity contribution >= 4 is 34.0 Å². The van der Waals surface area contributed by atoms with Gasteiger partial charge in [-0.2, -0.15) is 0 Å². The van der Waals surface area contributed by atoms with Crippen LogP contribution in [-0.4, -0.2) is 22.7 Å². The molecule has 3 rings (SSSR count). The highest BCUT2D eigenvalue weighted by atomic mass is 35.5. The molecule has 0 atom stereocenters. The zero-order valence-corrected chi connectivity index (χ0v) is 16.2. The Kier molecular flexibility index (Phi) is 5.54. The number of anilines is 1. The quantitative estimate of drug-likeness (QED) is 0.682. The average molecular weight is 388 g/mol. The molecule has 0 saturated heterocycles. The van der Waals surface area contributed by atoms with Gasteiger partial charge in [-0.3, -0.25) is 10.1 Å². The lowest BCUT2D eigenvalue weighted by atomic mass is 10.1. The van der Waals surface area contributed by atoms with E-state index in [4.69, 9.17) is 16.3 Å². The van der Waals surface area contributed by atoms with Gasteiger partial charge in [0.05, 0.1) is 0 Å². The lowest BCUT2D eigenvalue weighted by molar-refractivity contribution is -0.118. The summed E-state index contributed by atoms with van der Waals surface area (Å²) >= 11 is 7.45. The molecule has 7 heteroatoms. The first-order valence-electron chi connectivity index (χ1n) is 8.02. The van der Waals surface area contributed by atoms with Crippen LogP contribution in [-0.2, 0) is 4.79 Å². The Morgan fingerprint density at radius 3 is 2.42 bits per heavy atom. The maximum atomic E-state index is 12.1. The van der Waals surface area contributed by atoms with Crippen LogP contribution in [0.25, 0.3) is 10.6 Å². The lowest BCUT2D eigenvalue weighted by Crippen LogP contribution is -2.20. The summed E-state index contributed by atoms with van der Waals surface area (Å²) in [7, 11) is 0. The van der Waals surface area contributed by atoms with Crippen LogP contribution in [0.15, 0.2) is 36.4 Å². The molecule has 0 bridgehead atoms. The van der Waals surface area contributed by atoms with Gasteiger partial charge in [-0.25, -0.2) is 0 Å². The van der Waals surface area contributed by atoms with Crippen LogP contribution in [0.5, 0.6) is 5.75 Å². The smallest absolute Gasteiger partial charge is 0.264 e. The van der Waals surface area contributed by atoms with E-state index in [2.05, 4.69) is 15.5 Å². The Morgan fingerprint density at radius 1 is 1.12 bits per heavy atom. The first-order chi connectivity index (χ1) is 12.4. The average Bonchev–Trinajstić information content (AvgIpc) is 3.06. The van der Waals surface area contributed by atoms with Gasteiger partial charge < -0.3 is 4.74 Å². The van der Waals surface area contributed by atoms with Crippen LogP contribution in [0.4, 0.5) is 5.13 Å². The van der Waals surface area contributed by atoms with Gasteiger partial charge in [-0.1, -0.05) is 52.8 Å². The number of nitrogens with zero attached hydrogens (tertiary/aromatic N) is 2. The first kappa shape index (κ1) is 18.4. The molecule has 0 aliphatic carbocycles. The van der Waals surface area contributed by atoms with Crippen molar-refractivity contribution in [2.75, 3.05) is 11.9 Å². The van der Waals surface area contributed by atoms with Crippen LogP contribution >= 0.6 is 22.9 Å². The van der Waals surface area contributed by atoms with Crippen LogP contribution < -0.4 is 10.1 Å². The summed E-state index contributed by atoms with van der Waals surface area (Å²) in [5.74, 6) is 0.319. The molecule has 1 heterocycles. The van der Waals surface area contributed by atoms with Crippen molar-refractivity contribution in [1.29, 1.82) is 0 Å². The minimum Gasteiger partial charge on any atom is -0.484 e. The normalized spacial score (nSPS) is 10.6. The summed E-state index contributed by atoms with van der Waals surface area (Å²) < 4.78 is 5.55. The third-order valence-corrected chi connectivity index (χ3v) is 5.23. The van der Waals surface area contributed by atoms with Crippen molar-refractivity contribution in [2.45, 2.75) is 20.8 Å². The number of halogens is 1. The van der Waals surface area contributed by atoms with E-state index in [0.717, 1.165) is 21.7 Å². The van der Waals surface area contributed by atoms with Gasteiger partial charge in [0, 0.05) is 10.6 Å². The summed E-state index contributed by atoms with van der Waals surface area (Å²) in [6.07, 6.45) is 0. The van der Waals surface area contributed by atoms with Gasteiger partial charge in [-0.15, -0.1) is 10.2 Å². The van der Waals surface area contributed by atoms with E-state index in [9.17, 15) is 4.79 Å². The van der Waals surface area contributed by atoms with E-state index in [1.54, 1.807) is 0 Å². The third kappa shape index (κ3) is 4.39. The molecule has 0 aliphatic rings. The number of carbonyl (C=O) groups is 1. The highest BCUT2D eigenvalue weighted by Crippen LogP contribution is 2.27. The summed E-state index contributed by atoms with van der Waals surface area (Å²) in [5.41, 5.74) is 3.97. The van der Waals surface area contributed by atoms with Gasteiger partial charge in [0.25, 0.3) is 5.91 Å². The van der Waals surface area contributed by atoms with Gasteiger partial charge in [0.15, 0.2) is 6.61 Å². The standard InChI is InChI=1S/C19H18ClN3O2S/c1-11-4-6-14(7-5-11)18-22-23-19(26-18)21-16(24)10-25-15-8-12(2)17(20)13(3)9-15/h4-9H,10H2,1-3H3,(H,21,23,24). The number of hydrogen-bond acceptors (Lipinski definition) is 5. The van der Waals surface area contributed by atoms with Gasteiger partial charge >= 0.3 is 0 Å². The molecule has 2 aromatic carbocycles. The van der Waals surface area contributed by atoms with E-state index < -0.39 is 0 Å². The number of rotatable bonds is 5. The van der Waals surface area contributed by atoms with Crippen molar-refractivity contribution in [3.05, 3.63) is 58.1 Å². The highest BCUT2D eigenvalue weighted by molar-refractivity contribution is 7.18. The fourth-order valence-corrected chi connectivity index (χ4v) is 3.25. The predicted octanol–water partition coefficient (Wildman–Crippen LogP) is 4.80. The fourth-order valence-electron chi connectivity index (χ4n) is 2.38. The minimum atomic E-state index is -0.290. The van der Waals surface area contributed by atoms with Crippen LogP contribution in [0.1, 0.15) is 16.7 Å². The highest BCUT2D eigenvalue weighted by Gasteiger charge is 2.11. The molecule has 26 heavy (non-hydrogen) atoms. The van der Waals surface area contributed by atoms with Crippen molar-refractivity contribution in [3.63, 3.8) is 0 Å². The molecule has 1 N–H and O–H groups in total. The summed E-state index contributed by atoms with van der Waals surface area (Å²) in [6.45, 7) is 5.71. The largest absolute Gasteiger partial charge is 0.484 e. The monoisotopic (exact) mass is 387 g/mol. The topological polar surface area (TPSA) is 64.1 Å². The van der Waals surface area contributed by atoms with Crippen LogP contribution in [0, 0.1) is 20.8 Å². The predicted molar refractivity (Wildman–Crippen MR) is 105 cm³/mol. The number of amides is 1. The summed E-state index contributed by atoms with van der Waals surface area (Å²) in [4.78, 5) is 12.1. The number of carbonyl (C=O) groups excluding carboxylic acids is 1. The van der Waals surface area contributed by atoms with Crippen molar-refractivity contribution in [1.82, 2.24) is 10.2 Å². The molecule has 0 saturated carbocycles. The van der Waals surface area contributed by atoms with Crippen LogP contribution in [0.3, 0.4) is 0 Å². The lowest BCUT2D eigenvalue weighted by Gasteiger charge is -2.09. The van der Waals surface area contributed by atoms with Crippen molar-refractivity contribution in [2.24, 2.45) is 0 Å². The Labute approximate surface area is 161 Å². The molecular weight excluding hydrogens is 370 g/mol. The summed E-state index contributed by atoms with van der Waals surface area (Å²) in [6, 6.07) is 11.6. The molecule has 0 unspecified atom stereocenters. The molecule has 0 spiro atoms. The molecule has 1 aromatic heterocycles. The van der Waals surface area contributed by atoms with Gasteiger partial charge in [-0.05, 0) is 44.0 Å². The summed E-state index contributed by atoms with van der Waals surface area (Å²) in [5, 5.41) is 12.7. The van der Waals surface area contributed by atoms with E-state index >= 15 is 0 Å². The molecule has 0 fully saturated rings. The zero-order valence-electron chi connectivity index (χ0n) is 14.7. The number of aryl methyl sites for hydroxylation is 3. The fraction of sp³-hybridized carbons (Fsp3) is 0.211. The Hall–Kier alpha value is -2.44. The third-order valence-electron chi connectivity index (χ3n) is 3.75. The molecule has 0 radical (unpaired) electrons. The Balaban J connectivity index is 1.59. The molecule has 3 aromatic rings. The Morgan fingerprint density at radius 2 is 1.77 bits per heavy atom. The van der Waals surface area contributed by atoms with Crippen molar-refractivity contribution in [3.8, 4) is 16.3 Å². The molecule has 0 aliphatic heterocycles. The maximum absolute atomic E-state index is 12.1. The SMILES string of the molecule is Cc1ccc(-c2nnc(NC(=O)COc3cc(C)c(Cl)c(C)c3)s2)cc1. The second-order valence-electron chi connectivity index (χ2n) is 5.99. The van der Waals surface area contributed by atoms with Gasteiger partial charge in [0.1, 0.15) is 10.8 Å². The molecule has 1 amide bonds. The van der Waals surface area contributed by atoms with Crippen LogP contribution in [0.2, 0.25) is 5.02 Å². The number of aromatic nitrogens is 2. The molecular formula is C19H18ClN3O2S. The number of hydrogen-bond donors (Lipinski definition) is 1. The second-order valence-corrected chi connectivity index (χ2v) is 7.34. The van der Waals surface area contributed by atoms with E-state index in [-0.39, 0.29) is 12.5 Å². The number of benzene rings is 2. The minimum absolute atomic E-state index is 0.111. The van der Waals surface area contributed by atoms with E-state index in [1.807, 2.05) is 57.2 Å². The van der Waals surface area contributed by atoms with Gasteiger partial charge in [0.2, 0.25) is 5.13 Å². The zero-order chi connectivity index (χ0) is 18.7. The number of nitrogens with one attached hydrogen (secondary N) is 1. The second kappa shape index (κ2) is 7.85. The maximum Gasteiger partial charge on any atom is 0.264 e. The Bertz CT molecular complexity index is 915.